The van der Waals surface area contributed by atoms with Crippen molar-refractivity contribution in [1.82, 2.24) is 0 Å². The Labute approximate surface area is 93.0 Å². The van der Waals surface area contributed by atoms with E-state index in [4.69, 9.17) is 23.2 Å². The molecule has 0 unspecified atom stereocenters. The molecule has 0 bridgehead atoms. The van der Waals surface area contributed by atoms with Gasteiger partial charge in [0.25, 0.3) is 0 Å². The van der Waals surface area contributed by atoms with Gasteiger partial charge in [-0.3, -0.25) is 4.79 Å². The molecule has 1 nitrogen and oxygen atoms in total. The summed E-state index contributed by atoms with van der Waals surface area (Å²) >= 11 is 13.6. The van der Waals surface area contributed by atoms with Crippen LogP contribution in [0.1, 0.15) is 10.4 Å². The lowest BCUT2D eigenvalue weighted by atomic mass is 10.1. The van der Waals surface area contributed by atoms with Crippen molar-refractivity contribution in [2.75, 3.05) is 0 Å². The SMILES string of the molecule is O=C(c1ccc(Br)c(F)c1)C(Cl)Cl. The molecule has 0 aromatic heterocycles. The third-order valence-electron chi connectivity index (χ3n) is 1.40. The highest BCUT2D eigenvalue weighted by Crippen LogP contribution is 2.19. The predicted molar refractivity (Wildman–Crippen MR) is 53.9 cm³/mol. The molecule has 0 N–H and O–H groups in total. The smallest absolute Gasteiger partial charge is 0.195 e. The minimum absolute atomic E-state index is 0.163. The number of halogens is 4. The van der Waals surface area contributed by atoms with E-state index in [1.54, 1.807) is 0 Å². The fraction of sp³-hybridized carbons (Fsp3) is 0.125. The summed E-state index contributed by atoms with van der Waals surface area (Å²) in [5.74, 6) is -1.02. The van der Waals surface area contributed by atoms with Crippen LogP contribution in [0.4, 0.5) is 4.39 Å². The van der Waals surface area contributed by atoms with Gasteiger partial charge < -0.3 is 0 Å². The molecule has 0 aliphatic rings. The van der Waals surface area contributed by atoms with E-state index < -0.39 is 16.4 Å². The summed E-state index contributed by atoms with van der Waals surface area (Å²) in [6, 6.07) is 3.97. The molecular weight excluding hydrogens is 282 g/mol. The maximum absolute atomic E-state index is 12.9. The van der Waals surface area contributed by atoms with Crippen LogP contribution in [-0.2, 0) is 0 Å². The quantitative estimate of drug-likeness (QED) is 0.600. The fourth-order valence-electron chi connectivity index (χ4n) is 0.775. The van der Waals surface area contributed by atoms with Crippen LogP contribution in [0.2, 0.25) is 0 Å². The normalized spacial score (nSPS) is 10.5. The molecule has 0 aliphatic heterocycles. The molecule has 70 valence electrons. The van der Waals surface area contributed by atoms with Crippen LogP contribution in [0.15, 0.2) is 22.7 Å². The van der Waals surface area contributed by atoms with Crippen molar-refractivity contribution in [3.05, 3.63) is 34.1 Å². The highest BCUT2D eigenvalue weighted by atomic mass is 79.9. The Balaban J connectivity index is 3.04. The number of carbonyl (C=O) groups excluding carboxylic acids is 1. The van der Waals surface area contributed by atoms with Gasteiger partial charge in [-0.05, 0) is 34.1 Å². The first-order chi connectivity index (χ1) is 6.02. The minimum Gasteiger partial charge on any atom is -0.291 e. The largest absolute Gasteiger partial charge is 0.291 e. The maximum Gasteiger partial charge on any atom is 0.195 e. The summed E-state index contributed by atoms with van der Waals surface area (Å²) in [4.78, 5) is 10.0. The number of carbonyl (C=O) groups is 1. The summed E-state index contributed by atoms with van der Waals surface area (Å²) in [7, 11) is 0. The number of rotatable bonds is 2. The zero-order chi connectivity index (χ0) is 10.0. The van der Waals surface area contributed by atoms with Gasteiger partial charge in [-0.25, -0.2) is 4.39 Å². The van der Waals surface area contributed by atoms with Crippen LogP contribution in [0.5, 0.6) is 0 Å². The zero-order valence-corrected chi connectivity index (χ0v) is 9.33. The zero-order valence-electron chi connectivity index (χ0n) is 6.23. The Hall–Kier alpha value is -0.120. The van der Waals surface area contributed by atoms with E-state index in [1.165, 1.54) is 12.1 Å². The van der Waals surface area contributed by atoms with Crippen LogP contribution in [0.3, 0.4) is 0 Å². The third kappa shape index (κ3) is 2.66. The molecular formula is C8H4BrCl2FO. The standard InChI is InChI=1S/C8H4BrCl2FO/c9-5-2-1-4(3-6(5)12)7(13)8(10)11/h1-3,8H. The van der Waals surface area contributed by atoms with Crippen LogP contribution in [0.25, 0.3) is 0 Å². The van der Waals surface area contributed by atoms with Gasteiger partial charge in [0.05, 0.1) is 4.47 Å². The van der Waals surface area contributed by atoms with Gasteiger partial charge >= 0.3 is 0 Å². The summed E-state index contributed by atoms with van der Waals surface area (Å²) in [6.45, 7) is 0. The number of hydrogen-bond donors (Lipinski definition) is 0. The average molecular weight is 286 g/mol. The Morgan fingerprint density at radius 2 is 2.08 bits per heavy atom. The lowest BCUT2D eigenvalue weighted by Crippen LogP contribution is -2.08. The fourth-order valence-corrected chi connectivity index (χ4v) is 1.27. The highest BCUT2D eigenvalue weighted by molar-refractivity contribution is 9.10. The first-order valence-electron chi connectivity index (χ1n) is 3.30. The molecule has 0 amide bonds. The van der Waals surface area contributed by atoms with Crippen molar-refractivity contribution in [2.45, 2.75) is 4.84 Å². The molecule has 1 rings (SSSR count). The molecule has 0 saturated heterocycles. The number of Topliss-reactive ketones (excluding diaryl/α,β-unsaturated/α-hetero) is 1. The highest BCUT2D eigenvalue weighted by Gasteiger charge is 2.15. The second-order valence-electron chi connectivity index (χ2n) is 2.29. The molecule has 0 aliphatic carbocycles. The number of ketones is 1. The van der Waals surface area contributed by atoms with Gasteiger partial charge in [0.15, 0.2) is 10.6 Å². The lowest BCUT2D eigenvalue weighted by Gasteiger charge is -2.01. The van der Waals surface area contributed by atoms with E-state index in [0.717, 1.165) is 6.07 Å². The molecule has 0 heterocycles. The number of benzene rings is 1. The monoisotopic (exact) mass is 284 g/mol. The molecule has 0 fully saturated rings. The van der Waals surface area contributed by atoms with Gasteiger partial charge in [0.1, 0.15) is 5.82 Å². The second kappa shape index (κ2) is 4.40. The molecule has 13 heavy (non-hydrogen) atoms. The van der Waals surface area contributed by atoms with E-state index in [9.17, 15) is 9.18 Å². The van der Waals surface area contributed by atoms with Crippen molar-refractivity contribution in [1.29, 1.82) is 0 Å². The van der Waals surface area contributed by atoms with Crippen LogP contribution >= 0.6 is 39.1 Å². The molecule has 5 heteroatoms. The van der Waals surface area contributed by atoms with Gasteiger partial charge in [-0.1, -0.05) is 23.2 Å². The Morgan fingerprint density at radius 3 is 2.54 bits per heavy atom. The Morgan fingerprint density at radius 1 is 1.46 bits per heavy atom. The van der Waals surface area contributed by atoms with E-state index in [0.29, 0.717) is 4.47 Å². The van der Waals surface area contributed by atoms with Gasteiger partial charge in [-0.15, -0.1) is 0 Å². The second-order valence-corrected chi connectivity index (χ2v) is 4.24. The van der Waals surface area contributed by atoms with Gasteiger partial charge in [0.2, 0.25) is 0 Å². The first-order valence-corrected chi connectivity index (χ1v) is 4.96. The van der Waals surface area contributed by atoms with Gasteiger partial charge in [-0.2, -0.15) is 0 Å². The number of alkyl halides is 2. The predicted octanol–water partition coefficient (Wildman–Crippen LogP) is 3.57. The summed E-state index contributed by atoms with van der Waals surface area (Å²) < 4.78 is 13.2. The summed E-state index contributed by atoms with van der Waals surface area (Å²) in [5.41, 5.74) is 0.163. The van der Waals surface area contributed by atoms with E-state index in [-0.39, 0.29) is 5.56 Å². The third-order valence-corrected chi connectivity index (χ3v) is 2.44. The van der Waals surface area contributed by atoms with Gasteiger partial charge in [0, 0.05) is 5.56 Å². The Bertz CT molecular complexity index is 341. The van der Waals surface area contributed by atoms with E-state index >= 15 is 0 Å². The van der Waals surface area contributed by atoms with E-state index in [2.05, 4.69) is 15.9 Å². The molecule has 1 aromatic carbocycles. The molecule has 0 atom stereocenters. The Kier molecular flexibility index (Phi) is 3.71. The maximum atomic E-state index is 12.9. The number of hydrogen-bond acceptors (Lipinski definition) is 1. The van der Waals surface area contributed by atoms with Crippen molar-refractivity contribution < 1.29 is 9.18 Å². The van der Waals surface area contributed by atoms with Crippen LogP contribution < -0.4 is 0 Å². The first kappa shape index (κ1) is 11.0. The van der Waals surface area contributed by atoms with Crippen LogP contribution in [-0.4, -0.2) is 10.6 Å². The molecule has 0 spiro atoms. The van der Waals surface area contributed by atoms with E-state index in [1.807, 2.05) is 0 Å². The van der Waals surface area contributed by atoms with Crippen molar-refractivity contribution in [2.24, 2.45) is 0 Å². The van der Waals surface area contributed by atoms with Crippen LogP contribution in [0, 0.1) is 5.82 Å². The molecule has 0 radical (unpaired) electrons. The molecule has 1 aromatic rings. The molecule has 0 saturated carbocycles. The topological polar surface area (TPSA) is 17.1 Å². The summed E-state index contributed by atoms with van der Waals surface area (Å²) in [5, 5.41) is 0. The lowest BCUT2D eigenvalue weighted by molar-refractivity contribution is 0.101. The average Bonchev–Trinajstić information content (AvgIpc) is 2.08. The van der Waals surface area contributed by atoms with Crippen molar-refractivity contribution in [3.8, 4) is 0 Å². The van der Waals surface area contributed by atoms with Crippen molar-refractivity contribution in [3.63, 3.8) is 0 Å². The van der Waals surface area contributed by atoms with Crippen molar-refractivity contribution >= 4 is 44.9 Å². The summed E-state index contributed by atoms with van der Waals surface area (Å²) in [6.07, 6.45) is 0. The minimum atomic E-state index is -1.15.